The van der Waals surface area contributed by atoms with Gasteiger partial charge in [0.2, 0.25) is 0 Å². The van der Waals surface area contributed by atoms with Gasteiger partial charge in [-0.05, 0) is 43.7 Å². The van der Waals surface area contributed by atoms with E-state index in [-0.39, 0.29) is 5.91 Å². The van der Waals surface area contributed by atoms with E-state index < -0.39 is 0 Å². The van der Waals surface area contributed by atoms with Crippen molar-refractivity contribution in [1.29, 1.82) is 0 Å². The van der Waals surface area contributed by atoms with Crippen molar-refractivity contribution < 1.29 is 4.79 Å². The van der Waals surface area contributed by atoms with Crippen molar-refractivity contribution in [1.82, 2.24) is 15.3 Å². The maximum absolute atomic E-state index is 12.6. The number of rotatable bonds is 4. The highest BCUT2D eigenvalue weighted by Gasteiger charge is 2.15. The first kappa shape index (κ1) is 15.9. The minimum atomic E-state index is -0.135. The van der Waals surface area contributed by atoms with E-state index in [1.807, 2.05) is 44.2 Å². The SMILES string of the molecule is C=CCNC(=O)c1cc(-c2ccccn2)nc2c(C)cc(C)cc12. The maximum atomic E-state index is 12.6. The molecule has 24 heavy (non-hydrogen) atoms. The second kappa shape index (κ2) is 6.62. The average molecular weight is 317 g/mol. The third-order valence-electron chi connectivity index (χ3n) is 3.83. The number of hydrogen-bond donors (Lipinski definition) is 1. The number of hydrogen-bond acceptors (Lipinski definition) is 3. The molecule has 0 unspecified atom stereocenters. The number of nitrogens with zero attached hydrogens (tertiary/aromatic N) is 2. The van der Waals surface area contributed by atoms with Gasteiger partial charge in [-0.3, -0.25) is 9.78 Å². The highest BCUT2D eigenvalue weighted by molar-refractivity contribution is 6.08. The molecule has 0 fully saturated rings. The van der Waals surface area contributed by atoms with E-state index in [0.717, 1.165) is 27.7 Å². The molecular weight excluding hydrogens is 298 g/mol. The van der Waals surface area contributed by atoms with Crippen LogP contribution in [0.5, 0.6) is 0 Å². The third-order valence-corrected chi connectivity index (χ3v) is 3.83. The minimum Gasteiger partial charge on any atom is -0.349 e. The van der Waals surface area contributed by atoms with Crippen LogP contribution in [-0.4, -0.2) is 22.4 Å². The number of aromatic nitrogens is 2. The van der Waals surface area contributed by atoms with E-state index in [1.54, 1.807) is 12.3 Å². The molecule has 0 atom stereocenters. The summed E-state index contributed by atoms with van der Waals surface area (Å²) >= 11 is 0. The molecule has 4 nitrogen and oxygen atoms in total. The molecule has 0 saturated carbocycles. The number of amides is 1. The molecule has 120 valence electrons. The zero-order valence-electron chi connectivity index (χ0n) is 13.8. The van der Waals surface area contributed by atoms with Gasteiger partial charge in [-0.2, -0.15) is 0 Å². The Morgan fingerprint density at radius 3 is 2.75 bits per heavy atom. The van der Waals surface area contributed by atoms with E-state index in [9.17, 15) is 4.79 Å². The number of carbonyl (C=O) groups excluding carboxylic acids is 1. The molecule has 0 aliphatic rings. The van der Waals surface area contributed by atoms with Crippen LogP contribution in [0.25, 0.3) is 22.3 Å². The molecule has 3 rings (SSSR count). The molecule has 1 amide bonds. The van der Waals surface area contributed by atoms with Crippen LogP contribution in [0.15, 0.2) is 55.3 Å². The van der Waals surface area contributed by atoms with Crippen LogP contribution < -0.4 is 5.32 Å². The lowest BCUT2D eigenvalue weighted by Crippen LogP contribution is -2.23. The topological polar surface area (TPSA) is 54.9 Å². The number of carbonyl (C=O) groups is 1. The Kier molecular flexibility index (Phi) is 4.38. The van der Waals surface area contributed by atoms with Crippen LogP contribution in [0.3, 0.4) is 0 Å². The van der Waals surface area contributed by atoms with Gasteiger partial charge in [-0.15, -0.1) is 6.58 Å². The van der Waals surface area contributed by atoms with Crippen molar-refractivity contribution in [3.63, 3.8) is 0 Å². The monoisotopic (exact) mass is 317 g/mol. The summed E-state index contributed by atoms with van der Waals surface area (Å²) in [6.45, 7) is 8.10. The minimum absolute atomic E-state index is 0.135. The lowest BCUT2D eigenvalue weighted by molar-refractivity contribution is 0.0959. The Hall–Kier alpha value is -3.01. The van der Waals surface area contributed by atoms with Crippen molar-refractivity contribution in [2.45, 2.75) is 13.8 Å². The van der Waals surface area contributed by atoms with E-state index >= 15 is 0 Å². The van der Waals surface area contributed by atoms with Crippen LogP contribution in [-0.2, 0) is 0 Å². The van der Waals surface area contributed by atoms with Gasteiger partial charge in [0.05, 0.1) is 22.5 Å². The van der Waals surface area contributed by atoms with Crippen molar-refractivity contribution in [3.8, 4) is 11.4 Å². The van der Waals surface area contributed by atoms with Crippen molar-refractivity contribution in [2.24, 2.45) is 0 Å². The Bertz CT molecular complexity index is 917. The van der Waals surface area contributed by atoms with Gasteiger partial charge in [-0.1, -0.05) is 23.8 Å². The van der Waals surface area contributed by atoms with Crippen molar-refractivity contribution >= 4 is 16.8 Å². The van der Waals surface area contributed by atoms with E-state index in [4.69, 9.17) is 4.98 Å². The first-order chi connectivity index (χ1) is 11.6. The average Bonchev–Trinajstić information content (AvgIpc) is 2.59. The van der Waals surface area contributed by atoms with Crippen LogP contribution in [0, 0.1) is 13.8 Å². The molecule has 2 aromatic heterocycles. The van der Waals surface area contributed by atoms with Crippen LogP contribution >= 0.6 is 0 Å². The molecule has 4 heteroatoms. The number of aryl methyl sites for hydroxylation is 2. The van der Waals surface area contributed by atoms with E-state index in [2.05, 4.69) is 22.9 Å². The van der Waals surface area contributed by atoms with Gasteiger partial charge in [-0.25, -0.2) is 4.98 Å². The molecule has 1 aromatic carbocycles. The molecule has 0 radical (unpaired) electrons. The van der Waals surface area contributed by atoms with Gasteiger partial charge >= 0.3 is 0 Å². The predicted octanol–water partition coefficient (Wildman–Crippen LogP) is 3.83. The van der Waals surface area contributed by atoms with Gasteiger partial charge in [0.15, 0.2) is 0 Å². The Morgan fingerprint density at radius 2 is 2.04 bits per heavy atom. The predicted molar refractivity (Wildman–Crippen MR) is 97.0 cm³/mol. The fourth-order valence-electron chi connectivity index (χ4n) is 2.77. The van der Waals surface area contributed by atoms with Crippen molar-refractivity contribution in [3.05, 3.63) is 71.9 Å². The zero-order chi connectivity index (χ0) is 17.1. The standard InChI is InChI=1S/C20H19N3O/c1-4-8-22-20(24)16-12-18(17-7-5-6-9-21-17)23-19-14(3)10-13(2)11-15(16)19/h4-7,9-12H,1,8H2,2-3H3,(H,22,24). The van der Waals surface area contributed by atoms with E-state index in [1.165, 1.54) is 0 Å². The van der Waals surface area contributed by atoms with Crippen LogP contribution in [0.4, 0.5) is 0 Å². The number of nitrogens with one attached hydrogen (secondary N) is 1. The molecule has 1 N–H and O–H groups in total. The van der Waals surface area contributed by atoms with Crippen LogP contribution in [0.1, 0.15) is 21.5 Å². The molecular formula is C20H19N3O. The summed E-state index contributed by atoms with van der Waals surface area (Å²) in [6.07, 6.45) is 3.39. The summed E-state index contributed by atoms with van der Waals surface area (Å²) in [7, 11) is 0. The van der Waals surface area contributed by atoms with Gasteiger partial charge in [0.1, 0.15) is 0 Å². The summed E-state index contributed by atoms with van der Waals surface area (Å²) in [4.78, 5) is 21.7. The van der Waals surface area contributed by atoms with Gasteiger partial charge < -0.3 is 5.32 Å². The highest BCUT2D eigenvalue weighted by atomic mass is 16.1. The Labute approximate surface area is 141 Å². The first-order valence-corrected chi connectivity index (χ1v) is 7.82. The fourth-order valence-corrected chi connectivity index (χ4v) is 2.77. The quantitative estimate of drug-likeness (QED) is 0.744. The summed E-state index contributed by atoms with van der Waals surface area (Å²) in [6, 6.07) is 11.5. The lowest BCUT2D eigenvalue weighted by atomic mass is 10.0. The molecule has 0 aliphatic heterocycles. The normalized spacial score (nSPS) is 10.6. The highest BCUT2D eigenvalue weighted by Crippen LogP contribution is 2.27. The summed E-state index contributed by atoms with van der Waals surface area (Å²) < 4.78 is 0. The molecule has 2 heterocycles. The van der Waals surface area contributed by atoms with Crippen LogP contribution in [0.2, 0.25) is 0 Å². The molecule has 3 aromatic rings. The Morgan fingerprint density at radius 1 is 1.21 bits per heavy atom. The summed E-state index contributed by atoms with van der Waals surface area (Å²) in [5.41, 5.74) is 5.02. The van der Waals surface area contributed by atoms with E-state index in [0.29, 0.717) is 17.8 Å². The second-order valence-electron chi connectivity index (χ2n) is 5.75. The number of benzene rings is 1. The molecule has 0 spiro atoms. The second-order valence-corrected chi connectivity index (χ2v) is 5.75. The van der Waals surface area contributed by atoms with Gasteiger partial charge in [0, 0.05) is 18.1 Å². The molecule has 0 bridgehead atoms. The zero-order valence-corrected chi connectivity index (χ0v) is 13.8. The summed E-state index contributed by atoms with van der Waals surface area (Å²) in [5, 5.41) is 3.71. The largest absolute Gasteiger partial charge is 0.349 e. The first-order valence-electron chi connectivity index (χ1n) is 7.82. The summed E-state index contributed by atoms with van der Waals surface area (Å²) in [5.74, 6) is -0.135. The number of fused-ring (bicyclic) bond motifs is 1. The third kappa shape index (κ3) is 3.04. The maximum Gasteiger partial charge on any atom is 0.252 e. The van der Waals surface area contributed by atoms with Gasteiger partial charge in [0.25, 0.3) is 5.91 Å². The smallest absolute Gasteiger partial charge is 0.252 e. The molecule has 0 aliphatic carbocycles. The fraction of sp³-hybridized carbons (Fsp3) is 0.150. The lowest BCUT2D eigenvalue weighted by Gasteiger charge is -2.12. The van der Waals surface area contributed by atoms with Crippen molar-refractivity contribution in [2.75, 3.05) is 6.54 Å². The molecule has 0 saturated heterocycles. The Balaban J connectivity index is 2.26. The number of pyridine rings is 2.